The highest BCUT2D eigenvalue weighted by atomic mass is 15.2. The molecule has 1 aliphatic carbocycles. The fraction of sp³-hybridized carbons (Fsp3) is 0.923. The molecular formula is C13H25N3. The Balaban J connectivity index is 1.82. The first-order valence-corrected chi connectivity index (χ1v) is 6.79. The Morgan fingerprint density at radius 3 is 2.69 bits per heavy atom. The van der Waals surface area contributed by atoms with Crippen LogP contribution in [0.25, 0.3) is 0 Å². The smallest absolute Gasteiger partial charge is 0.191 e. The van der Waals surface area contributed by atoms with Crippen molar-refractivity contribution in [1.82, 2.24) is 10.6 Å². The van der Waals surface area contributed by atoms with Crippen LogP contribution in [0.5, 0.6) is 0 Å². The highest BCUT2D eigenvalue weighted by Crippen LogP contribution is 2.38. The first-order valence-electron chi connectivity index (χ1n) is 6.79. The van der Waals surface area contributed by atoms with E-state index in [0.717, 1.165) is 19.0 Å². The number of aliphatic imine (C=N–C) groups is 1. The van der Waals surface area contributed by atoms with Crippen LogP contribution < -0.4 is 10.6 Å². The average molecular weight is 223 g/mol. The van der Waals surface area contributed by atoms with Crippen LogP contribution in [0.3, 0.4) is 0 Å². The molecular weight excluding hydrogens is 198 g/mol. The minimum atomic E-state index is 0.506. The van der Waals surface area contributed by atoms with Gasteiger partial charge in [-0.3, -0.25) is 4.99 Å². The summed E-state index contributed by atoms with van der Waals surface area (Å²) in [4.78, 5) is 4.46. The molecule has 0 aromatic heterocycles. The van der Waals surface area contributed by atoms with Gasteiger partial charge in [-0.2, -0.15) is 0 Å². The summed E-state index contributed by atoms with van der Waals surface area (Å²) in [5, 5.41) is 6.89. The molecule has 3 heteroatoms. The van der Waals surface area contributed by atoms with Crippen molar-refractivity contribution < 1.29 is 0 Å². The highest BCUT2D eigenvalue weighted by molar-refractivity contribution is 5.81. The van der Waals surface area contributed by atoms with Crippen molar-refractivity contribution in [2.75, 3.05) is 13.1 Å². The van der Waals surface area contributed by atoms with Crippen LogP contribution in [0.1, 0.15) is 52.4 Å². The molecule has 0 amide bonds. The summed E-state index contributed by atoms with van der Waals surface area (Å²) in [6, 6.07) is 0.506. The van der Waals surface area contributed by atoms with E-state index in [1.165, 1.54) is 38.5 Å². The second kappa shape index (κ2) is 5.07. The first kappa shape index (κ1) is 11.7. The molecule has 1 aliphatic heterocycles. The Kier molecular flexibility index (Phi) is 3.72. The number of guanidine groups is 1. The van der Waals surface area contributed by atoms with E-state index in [0.29, 0.717) is 11.5 Å². The Morgan fingerprint density at radius 2 is 2.12 bits per heavy atom. The second-order valence-corrected chi connectivity index (χ2v) is 5.50. The number of rotatable bonds is 3. The minimum Gasteiger partial charge on any atom is -0.356 e. The van der Waals surface area contributed by atoms with E-state index in [4.69, 9.17) is 0 Å². The standard InChI is InChI=1S/C13H25N3/c1-3-13(7-5-4-6-8-13)10-15-12-14-9-11(2)16-12/h11H,3-10H2,1-2H3,(H2,14,15,16). The summed E-state index contributed by atoms with van der Waals surface area (Å²) in [6.07, 6.45) is 8.32. The molecule has 1 atom stereocenters. The zero-order valence-electron chi connectivity index (χ0n) is 10.7. The van der Waals surface area contributed by atoms with Crippen molar-refractivity contribution in [3.05, 3.63) is 0 Å². The fourth-order valence-corrected chi connectivity index (χ4v) is 2.89. The number of hydrogen-bond donors (Lipinski definition) is 2. The van der Waals surface area contributed by atoms with Gasteiger partial charge in [-0.1, -0.05) is 26.2 Å². The third kappa shape index (κ3) is 2.69. The Bertz CT molecular complexity index is 254. The zero-order chi connectivity index (χ0) is 11.4. The molecule has 3 nitrogen and oxygen atoms in total. The van der Waals surface area contributed by atoms with Gasteiger partial charge in [0.25, 0.3) is 0 Å². The molecule has 92 valence electrons. The lowest BCUT2D eigenvalue weighted by atomic mass is 9.72. The van der Waals surface area contributed by atoms with Gasteiger partial charge in [-0.15, -0.1) is 0 Å². The number of nitrogens with zero attached hydrogens (tertiary/aromatic N) is 1. The lowest BCUT2D eigenvalue weighted by molar-refractivity contribution is 0.183. The molecule has 2 rings (SSSR count). The Morgan fingerprint density at radius 1 is 1.38 bits per heavy atom. The maximum absolute atomic E-state index is 4.46. The van der Waals surface area contributed by atoms with E-state index in [1.807, 2.05) is 0 Å². The second-order valence-electron chi connectivity index (χ2n) is 5.50. The topological polar surface area (TPSA) is 36.4 Å². The molecule has 1 heterocycles. The van der Waals surface area contributed by atoms with Gasteiger partial charge < -0.3 is 10.6 Å². The van der Waals surface area contributed by atoms with Crippen LogP contribution in [-0.2, 0) is 0 Å². The molecule has 1 saturated carbocycles. The van der Waals surface area contributed by atoms with Crippen molar-refractivity contribution in [2.24, 2.45) is 10.4 Å². The SMILES string of the molecule is CCC1(CNC2=NCC(C)N2)CCCCC1. The third-order valence-electron chi connectivity index (χ3n) is 4.20. The molecule has 1 fully saturated rings. The Hall–Kier alpha value is -0.730. The van der Waals surface area contributed by atoms with Gasteiger partial charge in [0.2, 0.25) is 0 Å². The van der Waals surface area contributed by atoms with Gasteiger partial charge in [0.15, 0.2) is 5.96 Å². The van der Waals surface area contributed by atoms with Crippen molar-refractivity contribution in [3.8, 4) is 0 Å². The normalized spacial score (nSPS) is 28.4. The molecule has 0 bridgehead atoms. The number of hydrogen-bond acceptors (Lipinski definition) is 3. The molecule has 0 aromatic rings. The quantitative estimate of drug-likeness (QED) is 0.770. The van der Waals surface area contributed by atoms with Gasteiger partial charge >= 0.3 is 0 Å². The van der Waals surface area contributed by atoms with Crippen LogP contribution in [0.4, 0.5) is 0 Å². The van der Waals surface area contributed by atoms with E-state index < -0.39 is 0 Å². The van der Waals surface area contributed by atoms with Crippen LogP contribution >= 0.6 is 0 Å². The van der Waals surface area contributed by atoms with E-state index in [-0.39, 0.29) is 0 Å². The largest absolute Gasteiger partial charge is 0.356 e. The van der Waals surface area contributed by atoms with Gasteiger partial charge in [0.05, 0.1) is 6.54 Å². The van der Waals surface area contributed by atoms with Gasteiger partial charge in [0, 0.05) is 12.6 Å². The zero-order valence-corrected chi connectivity index (χ0v) is 10.7. The molecule has 1 unspecified atom stereocenters. The van der Waals surface area contributed by atoms with Crippen molar-refractivity contribution in [1.29, 1.82) is 0 Å². The van der Waals surface area contributed by atoms with Gasteiger partial charge in [-0.25, -0.2) is 0 Å². The molecule has 0 saturated heterocycles. The Labute approximate surface area is 99.1 Å². The average Bonchev–Trinajstić information content (AvgIpc) is 2.74. The fourth-order valence-electron chi connectivity index (χ4n) is 2.89. The van der Waals surface area contributed by atoms with E-state index in [9.17, 15) is 0 Å². The monoisotopic (exact) mass is 223 g/mol. The number of nitrogens with one attached hydrogen (secondary N) is 2. The van der Waals surface area contributed by atoms with Crippen molar-refractivity contribution >= 4 is 5.96 Å². The molecule has 0 radical (unpaired) electrons. The molecule has 0 aromatic carbocycles. The maximum Gasteiger partial charge on any atom is 0.191 e. The lowest BCUT2D eigenvalue weighted by Crippen LogP contribution is -2.44. The summed E-state index contributed by atoms with van der Waals surface area (Å²) in [6.45, 7) is 6.53. The molecule has 2 N–H and O–H groups in total. The van der Waals surface area contributed by atoms with Crippen LogP contribution in [0.2, 0.25) is 0 Å². The summed E-state index contributed by atoms with van der Waals surface area (Å²) in [5.41, 5.74) is 0.536. The first-order chi connectivity index (χ1) is 7.74. The maximum atomic E-state index is 4.46. The minimum absolute atomic E-state index is 0.506. The van der Waals surface area contributed by atoms with E-state index >= 15 is 0 Å². The van der Waals surface area contributed by atoms with Crippen molar-refractivity contribution in [2.45, 2.75) is 58.4 Å². The molecule has 0 spiro atoms. The highest BCUT2D eigenvalue weighted by Gasteiger charge is 2.30. The van der Waals surface area contributed by atoms with Gasteiger partial charge in [-0.05, 0) is 31.6 Å². The van der Waals surface area contributed by atoms with Gasteiger partial charge in [0.1, 0.15) is 0 Å². The van der Waals surface area contributed by atoms with Crippen LogP contribution in [-0.4, -0.2) is 25.1 Å². The van der Waals surface area contributed by atoms with Crippen LogP contribution in [0.15, 0.2) is 4.99 Å². The van der Waals surface area contributed by atoms with Crippen molar-refractivity contribution in [3.63, 3.8) is 0 Å². The summed E-state index contributed by atoms with van der Waals surface area (Å²) in [7, 11) is 0. The van der Waals surface area contributed by atoms with E-state index in [1.54, 1.807) is 0 Å². The van der Waals surface area contributed by atoms with E-state index in [2.05, 4.69) is 29.5 Å². The summed E-state index contributed by atoms with van der Waals surface area (Å²) < 4.78 is 0. The lowest BCUT2D eigenvalue weighted by Gasteiger charge is -2.36. The predicted octanol–water partition coefficient (Wildman–Crippen LogP) is 2.28. The molecule has 2 aliphatic rings. The predicted molar refractivity (Wildman–Crippen MR) is 68.7 cm³/mol. The third-order valence-corrected chi connectivity index (χ3v) is 4.20. The van der Waals surface area contributed by atoms with Crippen LogP contribution in [0, 0.1) is 5.41 Å². The summed E-state index contributed by atoms with van der Waals surface area (Å²) in [5.74, 6) is 1.02. The summed E-state index contributed by atoms with van der Waals surface area (Å²) >= 11 is 0. The molecule has 16 heavy (non-hydrogen) atoms.